The van der Waals surface area contributed by atoms with E-state index in [1.807, 2.05) is 50.2 Å². The molecule has 0 aliphatic rings. The Bertz CT molecular complexity index is 1260. The minimum Gasteiger partial charge on any atom is -0.493 e. The normalized spacial score (nSPS) is 10.8. The molecule has 0 bridgehead atoms. The average molecular weight is 510 g/mol. The minimum absolute atomic E-state index is 0.0144. The monoisotopic (exact) mass is 509 g/mol. The summed E-state index contributed by atoms with van der Waals surface area (Å²) in [6.45, 7) is 4.49. The molecule has 1 aromatic heterocycles. The second-order valence-electron chi connectivity index (χ2n) is 8.73. The molecule has 1 amide bonds. The number of hydrogen-bond acceptors (Lipinski definition) is 6. The van der Waals surface area contributed by atoms with E-state index in [1.54, 1.807) is 25.8 Å². The number of amides is 1. The van der Waals surface area contributed by atoms with Crippen LogP contribution in [0.4, 0.5) is 0 Å². The molecular weight excluding hydrogens is 474 g/mol. The zero-order valence-corrected chi connectivity index (χ0v) is 22.5. The lowest BCUT2D eigenvalue weighted by molar-refractivity contribution is -0.121. The van der Waals surface area contributed by atoms with E-state index in [2.05, 4.69) is 16.4 Å². The molecule has 1 heterocycles. The lowest BCUT2D eigenvalue weighted by Crippen LogP contribution is -2.26. The van der Waals surface area contributed by atoms with Crippen LogP contribution in [-0.2, 0) is 24.7 Å². The highest BCUT2D eigenvalue weighted by Gasteiger charge is 2.13. The summed E-state index contributed by atoms with van der Waals surface area (Å²) >= 11 is 1.51. The number of ether oxygens (including phenoxy) is 2. The Kier molecular flexibility index (Phi) is 9.99. The van der Waals surface area contributed by atoms with Gasteiger partial charge in [-0.3, -0.25) is 14.2 Å². The van der Waals surface area contributed by atoms with Gasteiger partial charge in [-0.05, 0) is 49.9 Å². The molecule has 0 saturated heterocycles. The molecule has 192 valence electrons. The molecular formula is C28H35N3O4S. The second-order valence-corrected chi connectivity index (χ2v) is 9.79. The van der Waals surface area contributed by atoms with Gasteiger partial charge >= 0.3 is 0 Å². The van der Waals surface area contributed by atoms with Gasteiger partial charge in [-0.2, -0.15) is 0 Å². The molecule has 3 aromatic rings. The number of carbonyl (C=O) groups is 1. The van der Waals surface area contributed by atoms with E-state index in [9.17, 15) is 9.59 Å². The van der Waals surface area contributed by atoms with Gasteiger partial charge in [0.15, 0.2) is 16.7 Å². The maximum Gasteiger partial charge on any atom is 0.257 e. The molecule has 3 rings (SSSR count). The first-order valence-corrected chi connectivity index (χ1v) is 13.0. The highest BCUT2D eigenvalue weighted by molar-refractivity contribution is 7.99. The summed E-state index contributed by atoms with van der Waals surface area (Å²) in [5.41, 5.74) is 4.81. The largest absolute Gasteiger partial charge is 0.493 e. The van der Waals surface area contributed by atoms with Crippen molar-refractivity contribution in [1.29, 1.82) is 0 Å². The van der Waals surface area contributed by atoms with Crippen molar-refractivity contribution in [3.8, 4) is 11.5 Å². The molecule has 2 aromatic carbocycles. The maximum absolute atomic E-state index is 13.0. The lowest BCUT2D eigenvalue weighted by atomic mass is 10.0. The Balaban J connectivity index is 1.45. The smallest absolute Gasteiger partial charge is 0.257 e. The van der Waals surface area contributed by atoms with Crippen LogP contribution in [0.25, 0.3) is 0 Å². The highest BCUT2D eigenvalue weighted by atomic mass is 32.2. The van der Waals surface area contributed by atoms with Crippen molar-refractivity contribution in [1.82, 2.24) is 14.9 Å². The zero-order valence-electron chi connectivity index (χ0n) is 21.7. The first-order chi connectivity index (χ1) is 17.3. The maximum atomic E-state index is 13.0. The fourth-order valence-electron chi connectivity index (χ4n) is 3.96. The number of aromatic nitrogens is 2. The van der Waals surface area contributed by atoms with Gasteiger partial charge in [-0.25, -0.2) is 4.98 Å². The summed E-state index contributed by atoms with van der Waals surface area (Å²) in [7, 11) is 4.97. The van der Waals surface area contributed by atoms with Crippen LogP contribution in [0.5, 0.6) is 11.5 Å². The third kappa shape index (κ3) is 7.37. The number of benzene rings is 2. The molecule has 0 spiro atoms. The molecule has 0 aliphatic heterocycles. The van der Waals surface area contributed by atoms with Crippen molar-refractivity contribution >= 4 is 17.7 Å². The summed E-state index contributed by atoms with van der Waals surface area (Å²) in [6, 6.07) is 13.9. The van der Waals surface area contributed by atoms with Crippen molar-refractivity contribution in [3.63, 3.8) is 0 Å². The van der Waals surface area contributed by atoms with Gasteiger partial charge < -0.3 is 14.8 Å². The third-order valence-corrected chi connectivity index (χ3v) is 7.09. The molecule has 0 atom stereocenters. The van der Waals surface area contributed by atoms with Gasteiger partial charge in [-0.1, -0.05) is 47.7 Å². The Morgan fingerprint density at radius 3 is 2.56 bits per heavy atom. The number of rotatable bonds is 12. The fourth-order valence-corrected chi connectivity index (χ4v) is 4.91. The number of nitrogens with zero attached hydrogens (tertiary/aromatic N) is 2. The van der Waals surface area contributed by atoms with Crippen molar-refractivity contribution in [2.75, 3.05) is 26.5 Å². The predicted octanol–water partition coefficient (Wildman–Crippen LogP) is 4.24. The molecule has 7 nitrogen and oxygen atoms in total. The predicted molar refractivity (Wildman–Crippen MR) is 144 cm³/mol. The lowest BCUT2D eigenvalue weighted by Gasteiger charge is -2.12. The Morgan fingerprint density at radius 2 is 1.83 bits per heavy atom. The van der Waals surface area contributed by atoms with E-state index in [0.29, 0.717) is 54.6 Å². The van der Waals surface area contributed by atoms with Gasteiger partial charge in [0.25, 0.3) is 5.56 Å². The first-order valence-electron chi connectivity index (χ1n) is 12.0. The third-order valence-electron chi connectivity index (χ3n) is 5.98. The number of thioether (sulfide) groups is 1. The second kappa shape index (κ2) is 13.2. The van der Waals surface area contributed by atoms with Crippen LogP contribution in [0.2, 0.25) is 0 Å². The molecule has 1 N–H and O–H groups in total. The van der Waals surface area contributed by atoms with E-state index in [-0.39, 0.29) is 11.5 Å². The summed E-state index contributed by atoms with van der Waals surface area (Å²) in [5, 5.41) is 3.65. The first kappa shape index (κ1) is 27.3. The average Bonchev–Trinajstić information content (AvgIpc) is 2.87. The highest BCUT2D eigenvalue weighted by Crippen LogP contribution is 2.27. The van der Waals surface area contributed by atoms with Crippen molar-refractivity contribution in [2.24, 2.45) is 7.05 Å². The van der Waals surface area contributed by atoms with Crippen molar-refractivity contribution < 1.29 is 14.3 Å². The fraction of sp³-hybridized carbons (Fsp3) is 0.393. The van der Waals surface area contributed by atoms with Crippen molar-refractivity contribution in [3.05, 3.63) is 80.8 Å². The quantitative estimate of drug-likeness (QED) is 0.223. The summed E-state index contributed by atoms with van der Waals surface area (Å²) in [4.78, 5) is 29.9. The van der Waals surface area contributed by atoms with E-state index >= 15 is 0 Å². The van der Waals surface area contributed by atoms with Gasteiger partial charge in [0.1, 0.15) is 0 Å². The molecule has 0 fully saturated rings. The molecule has 8 heteroatoms. The van der Waals surface area contributed by atoms with Gasteiger partial charge in [-0.15, -0.1) is 0 Å². The Hall–Kier alpha value is -3.26. The number of aryl methyl sites for hydroxylation is 2. The van der Waals surface area contributed by atoms with Crippen LogP contribution >= 0.6 is 11.8 Å². The minimum atomic E-state index is -0.0144. The van der Waals surface area contributed by atoms with E-state index in [1.165, 1.54) is 17.3 Å². The van der Waals surface area contributed by atoms with Crippen LogP contribution in [0.3, 0.4) is 0 Å². The molecule has 0 unspecified atom stereocenters. The molecule has 0 saturated carbocycles. The van der Waals surface area contributed by atoms with Crippen LogP contribution in [0.1, 0.15) is 40.8 Å². The van der Waals surface area contributed by atoms with E-state index in [4.69, 9.17) is 9.47 Å². The van der Waals surface area contributed by atoms with Crippen LogP contribution in [-0.4, -0.2) is 42.0 Å². The summed E-state index contributed by atoms with van der Waals surface area (Å²) < 4.78 is 12.2. The van der Waals surface area contributed by atoms with E-state index in [0.717, 1.165) is 22.4 Å². The van der Waals surface area contributed by atoms with Gasteiger partial charge in [0.2, 0.25) is 5.91 Å². The summed E-state index contributed by atoms with van der Waals surface area (Å²) in [5.74, 6) is 2.09. The Morgan fingerprint density at radius 1 is 1.06 bits per heavy atom. The number of carbonyl (C=O) groups excluding carboxylic acids is 1. The zero-order chi connectivity index (χ0) is 26.1. The number of methoxy groups -OCH3 is 2. The van der Waals surface area contributed by atoms with Crippen LogP contribution < -0.4 is 20.3 Å². The standard InChI is InChI=1S/C28H35N3O4S/c1-19-8-6-9-22(16-19)17-23-20(2)30-28(31(3)27(23)33)36-15-7-10-26(32)29-14-13-21-11-12-24(34-4)25(18-21)35-5/h6,8-9,11-12,16,18H,7,10,13-15,17H2,1-5H3,(H,29,32). The van der Waals surface area contributed by atoms with Gasteiger partial charge in [0.05, 0.1) is 14.2 Å². The van der Waals surface area contributed by atoms with Crippen LogP contribution in [0, 0.1) is 13.8 Å². The molecule has 36 heavy (non-hydrogen) atoms. The number of hydrogen-bond donors (Lipinski definition) is 1. The van der Waals surface area contributed by atoms with Crippen LogP contribution in [0.15, 0.2) is 52.4 Å². The van der Waals surface area contributed by atoms with Crippen molar-refractivity contribution in [2.45, 2.75) is 44.7 Å². The van der Waals surface area contributed by atoms with E-state index < -0.39 is 0 Å². The SMILES string of the molecule is COc1ccc(CCNC(=O)CCCSc2nc(C)c(Cc3cccc(C)c3)c(=O)n2C)cc1OC. The van der Waals surface area contributed by atoms with Gasteiger partial charge in [0, 0.05) is 43.4 Å². The number of nitrogens with one attached hydrogen (secondary N) is 1. The molecule has 0 aliphatic carbocycles. The Labute approximate surface area is 217 Å². The topological polar surface area (TPSA) is 82.5 Å². The molecule has 0 radical (unpaired) electrons. The summed E-state index contributed by atoms with van der Waals surface area (Å²) in [6.07, 6.45) is 2.41.